The molecule has 1 fully saturated rings. The fourth-order valence-corrected chi connectivity index (χ4v) is 2.06. The number of aliphatic imine (C=N–C) groups is 1. The quantitative estimate of drug-likeness (QED) is 0.805. The number of aliphatic hydroxyl groups excluding tert-OH is 1. The SMILES string of the molecule is C=C(C)O.CCC(=O)NCC1CC1.Cc1ccc2c(c1)CCOC=N2. The van der Waals surface area contributed by atoms with Gasteiger partial charge in [-0.3, -0.25) is 4.79 Å². The summed E-state index contributed by atoms with van der Waals surface area (Å²) in [6, 6.07) is 6.28. The largest absolute Gasteiger partial charge is 0.513 e. The molecule has 5 nitrogen and oxygen atoms in total. The van der Waals surface area contributed by atoms with Gasteiger partial charge >= 0.3 is 0 Å². The van der Waals surface area contributed by atoms with E-state index in [1.807, 2.05) is 13.0 Å². The highest BCUT2D eigenvalue weighted by Crippen LogP contribution is 2.27. The van der Waals surface area contributed by atoms with Gasteiger partial charge in [-0.15, -0.1) is 0 Å². The third kappa shape index (κ3) is 10.2. The average Bonchev–Trinajstić information content (AvgIpc) is 3.39. The maximum atomic E-state index is 10.6. The number of ether oxygens (including phenoxy) is 1. The molecule has 5 heteroatoms. The minimum absolute atomic E-state index is 0.167. The Morgan fingerprint density at radius 2 is 2.12 bits per heavy atom. The first-order valence-electron chi connectivity index (χ1n) is 8.77. The molecule has 0 atom stereocenters. The Morgan fingerprint density at radius 1 is 1.44 bits per heavy atom. The number of hydrogen-bond acceptors (Lipinski definition) is 4. The van der Waals surface area contributed by atoms with Gasteiger partial charge in [-0.1, -0.05) is 31.2 Å². The molecule has 1 aromatic rings. The van der Waals surface area contributed by atoms with Crippen molar-refractivity contribution in [2.24, 2.45) is 10.9 Å². The minimum atomic E-state index is 0.167. The number of carbonyl (C=O) groups is 1. The van der Waals surface area contributed by atoms with E-state index in [1.54, 1.807) is 0 Å². The molecular formula is C20H30N2O3. The molecule has 0 bridgehead atoms. The molecule has 0 saturated heterocycles. The molecule has 1 amide bonds. The molecule has 2 N–H and O–H groups in total. The van der Waals surface area contributed by atoms with Crippen molar-refractivity contribution in [3.8, 4) is 0 Å². The highest BCUT2D eigenvalue weighted by molar-refractivity contribution is 5.75. The van der Waals surface area contributed by atoms with E-state index in [4.69, 9.17) is 9.84 Å². The first-order chi connectivity index (χ1) is 11.9. The Balaban J connectivity index is 0.000000213. The van der Waals surface area contributed by atoms with E-state index in [0.717, 1.165) is 31.2 Å². The lowest BCUT2D eigenvalue weighted by Gasteiger charge is -2.01. The molecular weight excluding hydrogens is 316 g/mol. The number of allylic oxidation sites excluding steroid dienone is 1. The number of aryl methyl sites for hydroxylation is 1. The summed E-state index contributed by atoms with van der Waals surface area (Å²) in [5.74, 6) is 1.16. The summed E-state index contributed by atoms with van der Waals surface area (Å²) in [5.41, 5.74) is 3.60. The fourth-order valence-electron chi connectivity index (χ4n) is 2.06. The Morgan fingerprint density at radius 3 is 2.72 bits per heavy atom. The van der Waals surface area contributed by atoms with Crippen LogP contribution in [0.3, 0.4) is 0 Å². The maximum absolute atomic E-state index is 10.6. The van der Waals surface area contributed by atoms with Gasteiger partial charge < -0.3 is 15.2 Å². The Kier molecular flexibility index (Phi) is 9.37. The summed E-state index contributed by atoms with van der Waals surface area (Å²) >= 11 is 0. The fraction of sp³-hybridized carbons (Fsp3) is 0.500. The zero-order valence-electron chi connectivity index (χ0n) is 15.5. The number of aliphatic hydroxyl groups is 1. The number of hydrogen-bond donors (Lipinski definition) is 2. The van der Waals surface area contributed by atoms with Crippen LogP contribution in [-0.2, 0) is 16.0 Å². The minimum Gasteiger partial charge on any atom is -0.513 e. The van der Waals surface area contributed by atoms with E-state index in [-0.39, 0.29) is 11.7 Å². The lowest BCUT2D eigenvalue weighted by atomic mass is 10.1. The molecule has 1 aromatic carbocycles. The third-order valence-corrected chi connectivity index (χ3v) is 3.60. The molecule has 3 rings (SSSR count). The van der Waals surface area contributed by atoms with Crippen molar-refractivity contribution >= 4 is 18.0 Å². The lowest BCUT2D eigenvalue weighted by Crippen LogP contribution is -2.24. The molecule has 1 aliphatic carbocycles. The molecule has 1 heterocycles. The first kappa shape index (κ1) is 20.7. The number of fused-ring (bicyclic) bond motifs is 1. The second-order valence-electron chi connectivity index (χ2n) is 6.32. The Bertz CT molecular complexity index is 589. The molecule has 138 valence electrons. The van der Waals surface area contributed by atoms with Gasteiger partial charge in [0, 0.05) is 19.4 Å². The monoisotopic (exact) mass is 346 g/mol. The summed E-state index contributed by atoms with van der Waals surface area (Å²) in [6.45, 7) is 10.3. The van der Waals surface area contributed by atoms with Crippen LogP contribution in [0.2, 0.25) is 0 Å². The van der Waals surface area contributed by atoms with Crippen molar-refractivity contribution in [1.29, 1.82) is 0 Å². The summed E-state index contributed by atoms with van der Waals surface area (Å²) in [6.07, 6.45) is 5.72. The average molecular weight is 346 g/mol. The van der Waals surface area contributed by atoms with Crippen LogP contribution in [-0.4, -0.2) is 30.6 Å². The molecule has 0 radical (unpaired) electrons. The zero-order chi connectivity index (χ0) is 18.7. The standard InChI is InChI=1S/C10H11NO.C7H13NO.C3H6O/c1-8-2-3-10-9(6-8)4-5-12-7-11-10;1-2-7(9)8-5-6-3-4-6;1-3(2)4/h2-3,6-7H,4-5H2,1H3;6H,2-5H2,1H3,(H,8,9);4H,1H2,2H3. The summed E-state index contributed by atoms with van der Waals surface area (Å²) in [5, 5.41) is 10.7. The molecule has 1 aliphatic heterocycles. The first-order valence-corrected chi connectivity index (χ1v) is 8.77. The van der Waals surface area contributed by atoms with Gasteiger partial charge in [0.25, 0.3) is 0 Å². The van der Waals surface area contributed by atoms with Gasteiger partial charge in [-0.25, -0.2) is 4.99 Å². The highest BCUT2D eigenvalue weighted by Gasteiger charge is 2.20. The third-order valence-electron chi connectivity index (χ3n) is 3.60. The maximum Gasteiger partial charge on any atom is 0.219 e. The van der Waals surface area contributed by atoms with Crippen LogP contribution in [0, 0.1) is 12.8 Å². The predicted molar refractivity (Wildman–Crippen MR) is 102 cm³/mol. The highest BCUT2D eigenvalue weighted by atomic mass is 16.5. The van der Waals surface area contributed by atoms with Crippen LogP contribution in [0.4, 0.5) is 5.69 Å². The van der Waals surface area contributed by atoms with Gasteiger partial charge in [0.2, 0.25) is 5.91 Å². The van der Waals surface area contributed by atoms with E-state index in [0.29, 0.717) is 6.42 Å². The Hall–Kier alpha value is -2.30. The van der Waals surface area contributed by atoms with Crippen LogP contribution < -0.4 is 5.32 Å². The molecule has 0 aromatic heterocycles. The van der Waals surface area contributed by atoms with Crippen molar-refractivity contribution in [1.82, 2.24) is 5.32 Å². The number of amides is 1. The second kappa shape index (κ2) is 11.3. The molecule has 1 saturated carbocycles. The normalized spacial score (nSPS) is 14.4. The number of nitrogens with one attached hydrogen (secondary N) is 1. The number of nitrogens with zero attached hydrogens (tertiary/aromatic N) is 1. The topological polar surface area (TPSA) is 70.9 Å². The van der Waals surface area contributed by atoms with Gasteiger partial charge in [0.1, 0.15) is 0 Å². The van der Waals surface area contributed by atoms with E-state index in [1.165, 1.54) is 37.3 Å². The van der Waals surface area contributed by atoms with Gasteiger partial charge in [0.05, 0.1) is 18.1 Å². The zero-order valence-corrected chi connectivity index (χ0v) is 15.5. The van der Waals surface area contributed by atoms with E-state index in [2.05, 4.69) is 35.9 Å². The van der Waals surface area contributed by atoms with Gasteiger partial charge in [-0.05, 0) is 44.2 Å². The van der Waals surface area contributed by atoms with Crippen molar-refractivity contribution < 1.29 is 14.6 Å². The van der Waals surface area contributed by atoms with Crippen molar-refractivity contribution in [2.75, 3.05) is 13.2 Å². The van der Waals surface area contributed by atoms with Gasteiger partial charge in [-0.2, -0.15) is 0 Å². The second-order valence-corrected chi connectivity index (χ2v) is 6.32. The van der Waals surface area contributed by atoms with Crippen LogP contribution >= 0.6 is 0 Å². The van der Waals surface area contributed by atoms with Crippen LogP contribution in [0.15, 0.2) is 35.5 Å². The predicted octanol–water partition coefficient (Wildman–Crippen LogP) is 4.23. The van der Waals surface area contributed by atoms with E-state index >= 15 is 0 Å². The summed E-state index contributed by atoms with van der Waals surface area (Å²) in [7, 11) is 0. The summed E-state index contributed by atoms with van der Waals surface area (Å²) in [4.78, 5) is 14.8. The molecule has 25 heavy (non-hydrogen) atoms. The number of benzene rings is 1. The van der Waals surface area contributed by atoms with E-state index < -0.39 is 0 Å². The number of carbonyl (C=O) groups excluding carboxylic acids is 1. The van der Waals surface area contributed by atoms with Crippen LogP contribution in [0.1, 0.15) is 44.2 Å². The molecule has 0 unspecified atom stereocenters. The lowest BCUT2D eigenvalue weighted by molar-refractivity contribution is -0.120. The Labute approximate surface area is 150 Å². The van der Waals surface area contributed by atoms with Gasteiger partial charge in [0.15, 0.2) is 6.40 Å². The number of rotatable bonds is 3. The molecule has 2 aliphatic rings. The smallest absolute Gasteiger partial charge is 0.219 e. The van der Waals surface area contributed by atoms with Crippen molar-refractivity contribution in [3.05, 3.63) is 41.7 Å². The van der Waals surface area contributed by atoms with Crippen molar-refractivity contribution in [2.45, 2.75) is 46.5 Å². The molecule has 0 spiro atoms. The van der Waals surface area contributed by atoms with Crippen LogP contribution in [0.25, 0.3) is 0 Å². The van der Waals surface area contributed by atoms with Crippen LogP contribution in [0.5, 0.6) is 0 Å². The van der Waals surface area contributed by atoms with Crippen molar-refractivity contribution in [3.63, 3.8) is 0 Å². The summed E-state index contributed by atoms with van der Waals surface area (Å²) < 4.78 is 5.13. The van der Waals surface area contributed by atoms with E-state index in [9.17, 15) is 4.79 Å².